The molecule has 0 aliphatic heterocycles. The van der Waals surface area contributed by atoms with Crippen molar-refractivity contribution in [2.75, 3.05) is 0 Å². The third kappa shape index (κ3) is 3.19. The van der Waals surface area contributed by atoms with E-state index >= 15 is 0 Å². The van der Waals surface area contributed by atoms with Gasteiger partial charge in [0.1, 0.15) is 0 Å². The van der Waals surface area contributed by atoms with E-state index in [-0.39, 0.29) is 0 Å². The van der Waals surface area contributed by atoms with Crippen LogP contribution < -0.4 is 5.73 Å². The topological polar surface area (TPSA) is 43.8 Å². The lowest BCUT2D eigenvalue weighted by atomic mass is 10.1. The molecule has 0 fully saturated rings. The van der Waals surface area contributed by atoms with Crippen molar-refractivity contribution in [2.45, 2.75) is 39.8 Å². The van der Waals surface area contributed by atoms with Crippen LogP contribution >= 0.6 is 0 Å². The van der Waals surface area contributed by atoms with Crippen LogP contribution in [0.4, 0.5) is 0 Å². The van der Waals surface area contributed by atoms with Crippen molar-refractivity contribution in [3.63, 3.8) is 0 Å². The Hall–Kier alpha value is -0.830. The van der Waals surface area contributed by atoms with Gasteiger partial charge in [-0.3, -0.25) is 4.68 Å². The van der Waals surface area contributed by atoms with Gasteiger partial charge in [0.25, 0.3) is 0 Å². The van der Waals surface area contributed by atoms with Crippen molar-refractivity contribution in [3.8, 4) is 0 Å². The Kier molecular flexibility index (Phi) is 3.96. The fraction of sp³-hybridized carbons (Fsp3) is 0.700. The molecule has 3 nitrogen and oxygen atoms in total. The van der Waals surface area contributed by atoms with E-state index in [9.17, 15) is 0 Å². The molecule has 0 atom stereocenters. The summed E-state index contributed by atoms with van der Waals surface area (Å²) in [5.41, 5.74) is 6.69. The van der Waals surface area contributed by atoms with Gasteiger partial charge in [-0.25, -0.2) is 0 Å². The predicted octanol–water partition coefficient (Wildman–Crippen LogP) is 1.78. The van der Waals surface area contributed by atoms with Gasteiger partial charge in [0, 0.05) is 19.3 Å². The first-order valence-electron chi connectivity index (χ1n) is 4.94. The second kappa shape index (κ2) is 5.02. The van der Waals surface area contributed by atoms with Crippen LogP contribution in [0.2, 0.25) is 0 Å². The fourth-order valence-corrected chi connectivity index (χ4v) is 1.38. The molecule has 0 bridgehead atoms. The molecule has 2 N–H and O–H groups in total. The van der Waals surface area contributed by atoms with Crippen LogP contribution in [0.1, 0.15) is 32.4 Å². The molecule has 74 valence electrons. The van der Waals surface area contributed by atoms with Gasteiger partial charge in [0.15, 0.2) is 0 Å². The summed E-state index contributed by atoms with van der Waals surface area (Å²) in [7, 11) is 0. The van der Waals surface area contributed by atoms with Gasteiger partial charge in [0.05, 0.1) is 5.69 Å². The molecule has 0 radical (unpaired) electrons. The Labute approximate surface area is 79.9 Å². The van der Waals surface area contributed by atoms with Crippen molar-refractivity contribution in [1.82, 2.24) is 9.78 Å². The molecule has 3 heteroatoms. The molecule has 13 heavy (non-hydrogen) atoms. The lowest BCUT2D eigenvalue weighted by molar-refractivity contribution is 0.480. The van der Waals surface area contributed by atoms with Gasteiger partial charge in [-0.15, -0.1) is 0 Å². The summed E-state index contributed by atoms with van der Waals surface area (Å²) in [6.07, 6.45) is 4.26. The van der Waals surface area contributed by atoms with Crippen molar-refractivity contribution in [2.24, 2.45) is 11.7 Å². The molecule has 0 aromatic carbocycles. The van der Waals surface area contributed by atoms with Crippen molar-refractivity contribution in [1.29, 1.82) is 0 Å². The molecule has 0 aliphatic rings. The molecule has 0 amide bonds. The average molecular weight is 181 g/mol. The van der Waals surface area contributed by atoms with E-state index in [1.54, 1.807) is 0 Å². The van der Waals surface area contributed by atoms with Crippen LogP contribution in [0.5, 0.6) is 0 Å². The van der Waals surface area contributed by atoms with Gasteiger partial charge in [-0.2, -0.15) is 5.10 Å². The minimum Gasteiger partial charge on any atom is -0.325 e. The zero-order valence-corrected chi connectivity index (χ0v) is 8.53. The number of aromatic nitrogens is 2. The standard InChI is InChI=1S/C10H19N3/c1-9(2)4-3-7-13-10(8-11)5-6-12-13/h5-6,9H,3-4,7-8,11H2,1-2H3. The Morgan fingerprint density at radius 1 is 1.54 bits per heavy atom. The second-order valence-corrected chi connectivity index (χ2v) is 3.79. The summed E-state index contributed by atoms with van der Waals surface area (Å²) in [5.74, 6) is 0.775. The molecule has 0 unspecified atom stereocenters. The number of hydrogen-bond acceptors (Lipinski definition) is 2. The van der Waals surface area contributed by atoms with E-state index in [4.69, 9.17) is 5.73 Å². The number of nitrogens with zero attached hydrogens (tertiary/aromatic N) is 2. The highest BCUT2D eigenvalue weighted by molar-refractivity contribution is 4.99. The smallest absolute Gasteiger partial charge is 0.0519 e. The Balaban J connectivity index is 2.36. The summed E-state index contributed by atoms with van der Waals surface area (Å²) in [5, 5.41) is 4.22. The Bertz CT molecular complexity index is 240. The van der Waals surface area contributed by atoms with E-state index in [1.165, 1.54) is 12.8 Å². The zero-order valence-electron chi connectivity index (χ0n) is 8.53. The number of rotatable bonds is 5. The molecule has 0 saturated heterocycles. The number of nitrogens with two attached hydrogens (primary N) is 1. The summed E-state index contributed by atoms with van der Waals surface area (Å²) in [6.45, 7) is 6.07. The summed E-state index contributed by atoms with van der Waals surface area (Å²) in [6, 6.07) is 1.98. The lowest BCUT2D eigenvalue weighted by Gasteiger charge is -2.07. The van der Waals surface area contributed by atoms with Gasteiger partial charge < -0.3 is 5.73 Å². The highest BCUT2D eigenvalue weighted by Gasteiger charge is 2.00. The molecule has 0 saturated carbocycles. The van der Waals surface area contributed by atoms with Crippen molar-refractivity contribution >= 4 is 0 Å². The molecule has 0 aliphatic carbocycles. The lowest BCUT2D eigenvalue weighted by Crippen LogP contribution is -2.09. The normalized spacial score (nSPS) is 11.1. The van der Waals surface area contributed by atoms with Crippen LogP contribution in [0.15, 0.2) is 12.3 Å². The van der Waals surface area contributed by atoms with Crippen molar-refractivity contribution < 1.29 is 0 Å². The summed E-state index contributed by atoms with van der Waals surface area (Å²) >= 11 is 0. The Morgan fingerprint density at radius 2 is 2.31 bits per heavy atom. The van der Waals surface area contributed by atoms with Crippen LogP contribution in [-0.2, 0) is 13.1 Å². The maximum Gasteiger partial charge on any atom is 0.0519 e. The molecular weight excluding hydrogens is 162 g/mol. The predicted molar refractivity (Wildman–Crippen MR) is 54.2 cm³/mol. The SMILES string of the molecule is CC(C)CCCn1nccc1CN. The zero-order chi connectivity index (χ0) is 9.68. The fourth-order valence-electron chi connectivity index (χ4n) is 1.38. The van der Waals surface area contributed by atoms with Crippen molar-refractivity contribution in [3.05, 3.63) is 18.0 Å². The third-order valence-corrected chi connectivity index (χ3v) is 2.17. The van der Waals surface area contributed by atoms with Gasteiger partial charge in [-0.1, -0.05) is 13.8 Å². The number of aryl methyl sites for hydroxylation is 1. The van der Waals surface area contributed by atoms with E-state index in [0.717, 1.165) is 18.2 Å². The monoisotopic (exact) mass is 181 g/mol. The minimum absolute atomic E-state index is 0.585. The van der Waals surface area contributed by atoms with E-state index in [2.05, 4.69) is 18.9 Å². The largest absolute Gasteiger partial charge is 0.325 e. The second-order valence-electron chi connectivity index (χ2n) is 3.79. The number of hydrogen-bond donors (Lipinski definition) is 1. The average Bonchev–Trinajstić information content (AvgIpc) is 2.51. The van der Waals surface area contributed by atoms with Crippen LogP contribution in [0, 0.1) is 5.92 Å². The van der Waals surface area contributed by atoms with Crippen LogP contribution in [0.3, 0.4) is 0 Å². The van der Waals surface area contributed by atoms with Gasteiger partial charge >= 0.3 is 0 Å². The first kappa shape index (κ1) is 10.3. The maximum atomic E-state index is 5.57. The molecular formula is C10H19N3. The molecule has 0 spiro atoms. The van der Waals surface area contributed by atoms with Gasteiger partial charge in [0.2, 0.25) is 0 Å². The molecule has 1 heterocycles. The van der Waals surface area contributed by atoms with E-state index < -0.39 is 0 Å². The Morgan fingerprint density at radius 3 is 2.92 bits per heavy atom. The minimum atomic E-state index is 0.585. The summed E-state index contributed by atoms with van der Waals surface area (Å²) in [4.78, 5) is 0. The maximum absolute atomic E-state index is 5.57. The van der Waals surface area contributed by atoms with E-state index in [0.29, 0.717) is 6.54 Å². The third-order valence-electron chi connectivity index (χ3n) is 2.17. The van der Waals surface area contributed by atoms with E-state index in [1.807, 2.05) is 16.9 Å². The molecule has 1 aromatic rings. The van der Waals surface area contributed by atoms with Crippen LogP contribution in [0.25, 0.3) is 0 Å². The first-order chi connectivity index (χ1) is 6.24. The molecule has 1 rings (SSSR count). The van der Waals surface area contributed by atoms with Crippen LogP contribution in [-0.4, -0.2) is 9.78 Å². The highest BCUT2D eigenvalue weighted by atomic mass is 15.3. The summed E-state index contributed by atoms with van der Waals surface area (Å²) < 4.78 is 2.00. The highest BCUT2D eigenvalue weighted by Crippen LogP contribution is 2.06. The van der Waals surface area contributed by atoms with Gasteiger partial charge in [-0.05, 0) is 24.8 Å². The molecule has 1 aromatic heterocycles. The quantitative estimate of drug-likeness (QED) is 0.752. The first-order valence-corrected chi connectivity index (χ1v) is 4.94.